The van der Waals surface area contributed by atoms with Crippen molar-refractivity contribution in [2.24, 2.45) is 5.73 Å². The molecule has 0 heterocycles. The van der Waals surface area contributed by atoms with E-state index in [4.69, 9.17) is 5.73 Å². The summed E-state index contributed by atoms with van der Waals surface area (Å²) < 4.78 is 0. The average molecular weight is 260 g/mol. The molecule has 0 saturated heterocycles. The highest BCUT2D eigenvalue weighted by Gasteiger charge is 2.37. The highest BCUT2D eigenvalue weighted by Crippen LogP contribution is 2.28. The van der Waals surface area contributed by atoms with Crippen LogP contribution in [0.15, 0.2) is 30.3 Å². The highest BCUT2D eigenvalue weighted by atomic mass is 16.2. The van der Waals surface area contributed by atoms with E-state index in [-0.39, 0.29) is 11.9 Å². The van der Waals surface area contributed by atoms with E-state index < -0.39 is 5.54 Å². The first-order valence-corrected chi connectivity index (χ1v) is 7.30. The predicted molar refractivity (Wildman–Crippen MR) is 77.6 cm³/mol. The number of rotatable bonds is 5. The molecule has 3 heteroatoms. The maximum absolute atomic E-state index is 12.4. The molecule has 1 amide bonds. The minimum absolute atomic E-state index is 0.0207. The number of hydrogen-bond acceptors (Lipinski definition) is 2. The largest absolute Gasteiger partial charge is 0.348 e. The van der Waals surface area contributed by atoms with E-state index in [9.17, 15) is 4.79 Å². The maximum atomic E-state index is 12.4. The Morgan fingerprint density at radius 1 is 1.32 bits per heavy atom. The van der Waals surface area contributed by atoms with Gasteiger partial charge in [-0.2, -0.15) is 0 Å². The Morgan fingerprint density at radius 2 is 1.95 bits per heavy atom. The van der Waals surface area contributed by atoms with Gasteiger partial charge in [0.1, 0.15) is 0 Å². The van der Waals surface area contributed by atoms with Crippen LogP contribution in [0.25, 0.3) is 0 Å². The van der Waals surface area contributed by atoms with Gasteiger partial charge < -0.3 is 11.1 Å². The van der Waals surface area contributed by atoms with E-state index in [0.29, 0.717) is 0 Å². The molecule has 1 aliphatic carbocycles. The van der Waals surface area contributed by atoms with E-state index in [1.165, 1.54) is 5.56 Å². The number of amides is 1. The molecule has 1 aromatic rings. The Morgan fingerprint density at radius 3 is 2.53 bits per heavy atom. The predicted octanol–water partition coefficient (Wildman–Crippen LogP) is 2.92. The number of carbonyl (C=O) groups is 1. The van der Waals surface area contributed by atoms with Crippen molar-refractivity contribution in [1.82, 2.24) is 5.32 Å². The molecule has 0 aromatic heterocycles. The van der Waals surface area contributed by atoms with Crippen LogP contribution in [0.5, 0.6) is 0 Å². The van der Waals surface area contributed by atoms with E-state index >= 15 is 0 Å². The van der Waals surface area contributed by atoms with Gasteiger partial charge >= 0.3 is 0 Å². The molecule has 1 unspecified atom stereocenters. The van der Waals surface area contributed by atoms with Gasteiger partial charge in [-0.3, -0.25) is 4.79 Å². The summed E-state index contributed by atoms with van der Waals surface area (Å²) in [6, 6.07) is 10.2. The zero-order chi connectivity index (χ0) is 13.7. The number of benzene rings is 1. The lowest BCUT2D eigenvalue weighted by atomic mass is 9.95. The molecule has 3 N–H and O–H groups in total. The van der Waals surface area contributed by atoms with Crippen LogP contribution in [0, 0.1) is 0 Å². The number of nitrogens with two attached hydrogens (primary N) is 1. The fourth-order valence-electron chi connectivity index (χ4n) is 2.83. The molecule has 19 heavy (non-hydrogen) atoms. The SMILES string of the molecule is CCCC(NC(=O)C1(N)CCCC1)c1ccccc1. The molecule has 104 valence electrons. The third kappa shape index (κ3) is 3.35. The molecular weight excluding hydrogens is 236 g/mol. The van der Waals surface area contributed by atoms with Crippen LogP contribution in [0.4, 0.5) is 0 Å². The van der Waals surface area contributed by atoms with Crippen LogP contribution in [0.1, 0.15) is 57.1 Å². The third-order valence-electron chi connectivity index (χ3n) is 4.03. The molecule has 1 aromatic carbocycles. The van der Waals surface area contributed by atoms with E-state index in [0.717, 1.165) is 38.5 Å². The first-order chi connectivity index (χ1) is 9.15. The number of hydrogen-bond donors (Lipinski definition) is 2. The monoisotopic (exact) mass is 260 g/mol. The van der Waals surface area contributed by atoms with Crippen molar-refractivity contribution in [3.63, 3.8) is 0 Å². The Kier molecular flexibility index (Phi) is 4.59. The molecule has 0 aliphatic heterocycles. The summed E-state index contributed by atoms with van der Waals surface area (Å²) in [7, 11) is 0. The van der Waals surface area contributed by atoms with Crippen LogP contribution in [0.3, 0.4) is 0 Å². The molecule has 0 radical (unpaired) electrons. The van der Waals surface area contributed by atoms with E-state index in [1.54, 1.807) is 0 Å². The minimum Gasteiger partial charge on any atom is -0.348 e. The van der Waals surface area contributed by atoms with Gasteiger partial charge in [-0.25, -0.2) is 0 Å². The van der Waals surface area contributed by atoms with Crippen molar-refractivity contribution in [1.29, 1.82) is 0 Å². The lowest BCUT2D eigenvalue weighted by Gasteiger charge is -2.27. The molecule has 1 aliphatic rings. The average Bonchev–Trinajstić information content (AvgIpc) is 2.87. The Hall–Kier alpha value is -1.35. The second-order valence-electron chi connectivity index (χ2n) is 5.59. The summed E-state index contributed by atoms with van der Waals surface area (Å²) in [6.45, 7) is 2.13. The van der Waals surface area contributed by atoms with Crippen molar-refractivity contribution in [3.8, 4) is 0 Å². The molecular formula is C16H24N2O. The molecule has 3 nitrogen and oxygen atoms in total. The zero-order valence-electron chi connectivity index (χ0n) is 11.7. The lowest BCUT2D eigenvalue weighted by molar-refractivity contribution is -0.127. The van der Waals surface area contributed by atoms with Crippen molar-refractivity contribution >= 4 is 5.91 Å². The van der Waals surface area contributed by atoms with Crippen LogP contribution >= 0.6 is 0 Å². The van der Waals surface area contributed by atoms with Crippen LogP contribution in [-0.2, 0) is 4.79 Å². The summed E-state index contributed by atoms with van der Waals surface area (Å²) in [6.07, 6.45) is 5.74. The zero-order valence-corrected chi connectivity index (χ0v) is 11.7. The Balaban J connectivity index is 2.06. The standard InChI is InChI=1S/C16H24N2O/c1-2-8-14(13-9-4-3-5-10-13)18-15(19)16(17)11-6-7-12-16/h3-5,9-10,14H,2,6-8,11-12,17H2,1H3,(H,18,19). The summed E-state index contributed by atoms with van der Waals surface area (Å²) in [5.74, 6) is 0.0207. The fourth-order valence-corrected chi connectivity index (χ4v) is 2.83. The van der Waals surface area contributed by atoms with Crippen molar-refractivity contribution < 1.29 is 4.79 Å². The van der Waals surface area contributed by atoms with Crippen molar-refractivity contribution in [2.45, 2.75) is 57.0 Å². The first-order valence-electron chi connectivity index (χ1n) is 7.30. The Bertz CT molecular complexity index is 410. The summed E-state index contributed by atoms with van der Waals surface area (Å²) >= 11 is 0. The van der Waals surface area contributed by atoms with Gasteiger partial charge in [-0.15, -0.1) is 0 Å². The minimum atomic E-state index is -0.638. The van der Waals surface area contributed by atoms with Gasteiger partial charge in [0.15, 0.2) is 0 Å². The fraction of sp³-hybridized carbons (Fsp3) is 0.562. The molecule has 1 atom stereocenters. The summed E-state index contributed by atoms with van der Waals surface area (Å²) in [5, 5.41) is 3.15. The first kappa shape index (κ1) is 14.1. The molecule has 2 rings (SSSR count). The van der Waals surface area contributed by atoms with Gasteiger partial charge in [-0.1, -0.05) is 56.5 Å². The van der Waals surface area contributed by atoms with Crippen LogP contribution < -0.4 is 11.1 Å². The quantitative estimate of drug-likeness (QED) is 0.855. The molecule has 1 saturated carbocycles. The van der Waals surface area contributed by atoms with Gasteiger partial charge in [0.25, 0.3) is 0 Å². The summed E-state index contributed by atoms with van der Waals surface area (Å²) in [4.78, 5) is 12.4. The third-order valence-corrected chi connectivity index (χ3v) is 4.03. The maximum Gasteiger partial charge on any atom is 0.240 e. The smallest absolute Gasteiger partial charge is 0.240 e. The van der Waals surface area contributed by atoms with Crippen molar-refractivity contribution in [2.75, 3.05) is 0 Å². The second kappa shape index (κ2) is 6.20. The van der Waals surface area contributed by atoms with Crippen LogP contribution in [-0.4, -0.2) is 11.4 Å². The highest BCUT2D eigenvalue weighted by molar-refractivity contribution is 5.86. The lowest BCUT2D eigenvalue weighted by Crippen LogP contribution is -2.52. The summed E-state index contributed by atoms with van der Waals surface area (Å²) in [5.41, 5.74) is 6.74. The van der Waals surface area contributed by atoms with Gasteiger partial charge in [0.2, 0.25) is 5.91 Å². The topological polar surface area (TPSA) is 55.1 Å². The molecule has 0 spiro atoms. The van der Waals surface area contributed by atoms with E-state index in [1.807, 2.05) is 18.2 Å². The number of nitrogens with one attached hydrogen (secondary N) is 1. The van der Waals surface area contributed by atoms with Crippen LogP contribution in [0.2, 0.25) is 0 Å². The van der Waals surface area contributed by atoms with Gasteiger partial charge in [0.05, 0.1) is 11.6 Å². The molecule has 0 bridgehead atoms. The normalized spacial score (nSPS) is 19.1. The number of carbonyl (C=O) groups excluding carboxylic acids is 1. The Labute approximate surface area is 115 Å². The molecule has 1 fully saturated rings. The van der Waals surface area contributed by atoms with Gasteiger partial charge in [0, 0.05) is 0 Å². The second-order valence-corrected chi connectivity index (χ2v) is 5.59. The van der Waals surface area contributed by atoms with Gasteiger partial charge in [-0.05, 0) is 24.8 Å². The van der Waals surface area contributed by atoms with E-state index in [2.05, 4.69) is 24.4 Å². The van der Waals surface area contributed by atoms with Crippen molar-refractivity contribution in [3.05, 3.63) is 35.9 Å².